The third-order valence-electron chi connectivity index (χ3n) is 5.05. The molecule has 10 nitrogen and oxygen atoms in total. The summed E-state index contributed by atoms with van der Waals surface area (Å²) in [7, 11) is -0.248. The van der Waals surface area contributed by atoms with Crippen LogP contribution in [0, 0.1) is 18.3 Å². The van der Waals surface area contributed by atoms with Crippen LogP contribution < -0.4 is 10.6 Å². The standard InChI is InChI=1S/C22H25N9OS/c1-14-17-8-9-31(2)13-15(17)10-20(25-14)28-22-24-12-16(11-23)21(29-22)27-18-6-5-7-19(26-18)30-33(3,4)32/h5-7,10,12H,8-9,13H2,1-4H3,(H2,24,25,26,27,28,29). The molecule has 0 atom stereocenters. The molecular weight excluding hydrogens is 438 g/mol. The maximum absolute atomic E-state index is 12.0. The summed E-state index contributed by atoms with van der Waals surface area (Å²) in [5.41, 5.74) is 3.78. The van der Waals surface area contributed by atoms with E-state index in [0.29, 0.717) is 29.2 Å². The third-order valence-corrected chi connectivity index (χ3v) is 5.68. The molecule has 0 spiro atoms. The lowest BCUT2D eigenvalue weighted by molar-refractivity contribution is 0.312. The molecule has 0 unspecified atom stereocenters. The van der Waals surface area contributed by atoms with Crippen molar-refractivity contribution in [1.29, 1.82) is 5.26 Å². The first-order valence-corrected chi connectivity index (χ1v) is 12.7. The fourth-order valence-corrected chi connectivity index (χ4v) is 4.16. The van der Waals surface area contributed by atoms with Crippen LogP contribution in [-0.4, -0.2) is 55.1 Å². The van der Waals surface area contributed by atoms with Crippen LogP contribution in [0.15, 0.2) is 34.8 Å². The number of pyridine rings is 2. The van der Waals surface area contributed by atoms with E-state index in [-0.39, 0.29) is 5.56 Å². The summed E-state index contributed by atoms with van der Waals surface area (Å²) in [6.45, 7) is 3.89. The van der Waals surface area contributed by atoms with Gasteiger partial charge in [-0.3, -0.25) is 0 Å². The largest absolute Gasteiger partial charge is 0.324 e. The van der Waals surface area contributed by atoms with E-state index in [0.717, 1.165) is 25.2 Å². The van der Waals surface area contributed by atoms with E-state index in [2.05, 4.69) is 52.9 Å². The maximum atomic E-state index is 12.0. The third kappa shape index (κ3) is 5.60. The molecule has 0 bridgehead atoms. The fraction of sp³-hybridized carbons (Fsp3) is 0.318. The molecule has 0 amide bonds. The van der Waals surface area contributed by atoms with Crippen molar-refractivity contribution in [3.05, 3.63) is 52.8 Å². The zero-order valence-corrected chi connectivity index (χ0v) is 19.8. The van der Waals surface area contributed by atoms with Crippen molar-refractivity contribution in [2.75, 3.05) is 36.7 Å². The molecule has 4 heterocycles. The average molecular weight is 464 g/mol. The van der Waals surface area contributed by atoms with Crippen LogP contribution in [-0.2, 0) is 22.7 Å². The summed E-state index contributed by atoms with van der Waals surface area (Å²) >= 11 is 0. The van der Waals surface area contributed by atoms with E-state index in [1.54, 1.807) is 30.7 Å². The molecule has 0 aromatic carbocycles. The van der Waals surface area contributed by atoms with Gasteiger partial charge in [-0.05, 0) is 49.7 Å². The van der Waals surface area contributed by atoms with Gasteiger partial charge in [-0.2, -0.15) is 14.6 Å². The Morgan fingerprint density at radius 3 is 2.76 bits per heavy atom. The number of hydrogen-bond donors (Lipinski definition) is 2. The van der Waals surface area contributed by atoms with Gasteiger partial charge in [-0.1, -0.05) is 6.07 Å². The Morgan fingerprint density at radius 1 is 1.18 bits per heavy atom. The second-order valence-electron chi connectivity index (χ2n) is 8.19. The number of aryl methyl sites for hydroxylation is 1. The lowest BCUT2D eigenvalue weighted by Gasteiger charge is -2.26. The molecule has 1 aliphatic heterocycles. The number of nitrogens with one attached hydrogen (secondary N) is 2. The molecule has 1 aliphatic rings. The first-order valence-electron chi connectivity index (χ1n) is 10.3. The van der Waals surface area contributed by atoms with Crippen LogP contribution in [0.4, 0.5) is 29.2 Å². The normalized spacial score (nSPS) is 13.7. The molecule has 0 radical (unpaired) electrons. The number of nitriles is 1. The Labute approximate surface area is 193 Å². The summed E-state index contributed by atoms with van der Waals surface area (Å²) in [5, 5.41) is 15.7. The van der Waals surface area contributed by atoms with Crippen LogP contribution in [0.1, 0.15) is 22.4 Å². The second kappa shape index (κ2) is 9.09. The quantitative estimate of drug-likeness (QED) is 0.585. The zero-order valence-electron chi connectivity index (χ0n) is 19.0. The van der Waals surface area contributed by atoms with Gasteiger partial charge in [0.05, 0.1) is 6.20 Å². The lowest BCUT2D eigenvalue weighted by Crippen LogP contribution is -2.27. The molecule has 4 rings (SSSR count). The van der Waals surface area contributed by atoms with Gasteiger partial charge >= 0.3 is 0 Å². The fourth-order valence-electron chi connectivity index (χ4n) is 3.61. The molecule has 2 N–H and O–H groups in total. The Morgan fingerprint density at radius 2 is 2.00 bits per heavy atom. The van der Waals surface area contributed by atoms with Crippen molar-refractivity contribution in [3.63, 3.8) is 0 Å². The molecule has 0 saturated carbocycles. The first-order chi connectivity index (χ1) is 15.7. The van der Waals surface area contributed by atoms with Gasteiger partial charge in [0.1, 0.15) is 23.3 Å². The Bertz CT molecular complexity index is 1360. The van der Waals surface area contributed by atoms with E-state index >= 15 is 0 Å². The van der Waals surface area contributed by atoms with Crippen LogP contribution in [0.2, 0.25) is 0 Å². The summed E-state index contributed by atoms with van der Waals surface area (Å²) in [6.07, 6.45) is 5.50. The average Bonchev–Trinajstić information content (AvgIpc) is 2.73. The highest BCUT2D eigenvalue weighted by Crippen LogP contribution is 2.25. The predicted octanol–water partition coefficient (Wildman–Crippen LogP) is 3.28. The number of rotatable bonds is 5. The van der Waals surface area contributed by atoms with Gasteiger partial charge in [0.2, 0.25) is 5.95 Å². The number of aromatic nitrogens is 4. The Kier molecular flexibility index (Phi) is 6.22. The number of likely N-dealkylation sites (N-methyl/N-ethyl adjacent to an activating group) is 1. The van der Waals surface area contributed by atoms with Gasteiger partial charge in [0, 0.05) is 41.0 Å². The number of hydrogen-bond acceptors (Lipinski definition) is 10. The minimum Gasteiger partial charge on any atom is -0.324 e. The van der Waals surface area contributed by atoms with E-state index in [4.69, 9.17) is 0 Å². The minimum atomic E-state index is -2.35. The van der Waals surface area contributed by atoms with Crippen LogP contribution in [0.5, 0.6) is 0 Å². The molecule has 11 heteroatoms. The highest BCUT2D eigenvalue weighted by molar-refractivity contribution is 7.92. The Hall–Kier alpha value is -3.62. The molecular formula is C22H25N9OS. The van der Waals surface area contributed by atoms with Crippen LogP contribution >= 0.6 is 0 Å². The van der Waals surface area contributed by atoms with Crippen LogP contribution in [0.25, 0.3) is 0 Å². The first kappa shape index (κ1) is 22.6. The summed E-state index contributed by atoms with van der Waals surface area (Å²) in [4.78, 5) is 20.0. The molecule has 0 saturated heterocycles. The monoisotopic (exact) mass is 463 g/mol. The van der Waals surface area contributed by atoms with Crippen molar-refractivity contribution in [3.8, 4) is 6.07 Å². The van der Waals surface area contributed by atoms with E-state index < -0.39 is 9.73 Å². The molecule has 0 aliphatic carbocycles. The van der Waals surface area contributed by atoms with E-state index in [1.807, 2.05) is 13.0 Å². The minimum absolute atomic E-state index is 0.260. The summed E-state index contributed by atoms with van der Waals surface area (Å²) in [5.74, 6) is 2.00. The lowest BCUT2D eigenvalue weighted by atomic mass is 9.99. The smallest absolute Gasteiger partial charge is 0.230 e. The summed E-state index contributed by atoms with van der Waals surface area (Å²) < 4.78 is 16.1. The SMILES string of the molecule is Cc1nc(Nc2ncc(C#N)c(Nc3cccc(N=S(C)(C)=O)n3)n2)cc2c1CCN(C)C2. The molecule has 0 fully saturated rings. The van der Waals surface area contributed by atoms with Crippen molar-refractivity contribution >= 4 is 38.9 Å². The number of nitrogens with zero attached hydrogens (tertiary/aromatic N) is 7. The maximum Gasteiger partial charge on any atom is 0.230 e. The van der Waals surface area contributed by atoms with Crippen molar-refractivity contribution in [2.45, 2.75) is 19.9 Å². The van der Waals surface area contributed by atoms with Gasteiger partial charge in [0.15, 0.2) is 11.6 Å². The topological polar surface area (TPSA) is 132 Å². The van der Waals surface area contributed by atoms with E-state index in [1.165, 1.54) is 17.3 Å². The second-order valence-corrected chi connectivity index (χ2v) is 10.7. The molecule has 3 aromatic heterocycles. The molecule has 3 aromatic rings. The van der Waals surface area contributed by atoms with Crippen molar-refractivity contribution < 1.29 is 4.21 Å². The number of anilines is 4. The van der Waals surface area contributed by atoms with Crippen molar-refractivity contribution in [2.24, 2.45) is 4.36 Å². The van der Waals surface area contributed by atoms with E-state index in [9.17, 15) is 9.47 Å². The molecule has 33 heavy (non-hydrogen) atoms. The highest BCUT2D eigenvalue weighted by Gasteiger charge is 2.17. The van der Waals surface area contributed by atoms with Gasteiger partial charge in [-0.15, -0.1) is 0 Å². The van der Waals surface area contributed by atoms with Gasteiger partial charge < -0.3 is 15.5 Å². The van der Waals surface area contributed by atoms with Crippen molar-refractivity contribution in [1.82, 2.24) is 24.8 Å². The van der Waals surface area contributed by atoms with Gasteiger partial charge in [-0.25, -0.2) is 19.2 Å². The summed E-state index contributed by atoms with van der Waals surface area (Å²) in [6, 6.07) is 9.22. The number of fused-ring (bicyclic) bond motifs is 1. The van der Waals surface area contributed by atoms with Crippen LogP contribution in [0.3, 0.4) is 0 Å². The zero-order chi connectivity index (χ0) is 23.6. The predicted molar refractivity (Wildman–Crippen MR) is 129 cm³/mol. The van der Waals surface area contributed by atoms with Gasteiger partial charge in [0.25, 0.3) is 0 Å². The Balaban J connectivity index is 1.62. The molecule has 170 valence electrons. The highest BCUT2D eigenvalue weighted by atomic mass is 32.2.